The van der Waals surface area contributed by atoms with Gasteiger partial charge in [-0.25, -0.2) is 8.37 Å². The van der Waals surface area contributed by atoms with Gasteiger partial charge in [0, 0.05) is 12.3 Å². The van der Waals surface area contributed by atoms with Crippen LogP contribution in [0.3, 0.4) is 0 Å². The first-order valence-electron chi connectivity index (χ1n) is 11.5. The number of hydrogen-bond acceptors (Lipinski definition) is 6. The fourth-order valence-electron chi connectivity index (χ4n) is 4.07. The molecule has 1 aliphatic rings. The van der Waals surface area contributed by atoms with Crippen molar-refractivity contribution in [3.8, 4) is 0 Å². The molecule has 7 heteroatoms. The van der Waals surface area contributed by atoms with Crippen LogP contribution in [0.1, 0.15) is 90.9 Å². The van der Waals surface area contributed by atoms with Gasteiger partial charge in [-0.15, -0.1) is 0 Å². The van der Waals surface area contributed by atoms with Gasteiger partial charge < -0.3 is 10.2 Å². The van der Waals surface area contributed by atoms with Crippen LogP contribution < -0.4 is 0 Å². The maximum absolute atomic E-state index is 11.2. The van der Waals surface area contributed by atoms with E-state index in [4.69, 9.17) is 4.18 Å². The molecule has 0 radical (unpaired) electrons. The van der Waals surface area contributed by atoms with Crippen LogP contribution >= 0.6 is 0 Å². The summed E-state index contributed by atoms with van der Waals surface area (Å²) in [5.74, 6) is 0.199. The first kappa shape index (κ1) is 26.6. The fourth-order valence-corrected chi connectivity index (χ4v) is 4.75. The Morgan fingerprint density at radius 3 is 2.31 bits per heavy atom. The molecule has 0 heterocycles. The first-order valence-corrected chi connectivity index (χ1v) is 12.8. The number of allylic oxidation sites excluding steroid dienone is 1. The van der Waals surface area contributed by atoms with Crippen molar-refractivity contribution < 1.29 is 27.0 Å². The fraction of sp³-hybridized carbons (Fsp3) is 0.909. The van der Waals surface area contributed by atoms with Crippen LogP contribution in [0.15, 0.2) is 12.2 Å². The molecule has 0 amide bonds. The summed E-state index contributed by atoms with van der Waals surface area (Å²) in [5.41, 5.74) is 0. The van der Waals surface area contributed by atoms with Crippen LogP contribution in [0.25, 0.3) is 0 Å². The van der Waals surface area contributed by atoms with Gasteiger partial charge in [0.15, 0.2) is 0 Å². The SMILES string of the molecule is CCCCCC/C=C/[C@@H]1[C@@H](CCCCCCCOS(=O)(=O)OCC)[C@@H](O)C[C@H]1O. The van der Waals surface area contributed by atoms with Crippen LogP contribution in [0.5, 0.6) is 0 Å². The minimum Gasteiger partial charge on any atom is -0.393 e. The Hall–Kier alpha value is -0.470. The van der Waals surface area contributed by atoms with Crippen molar-refractivity contribution in [3.05, 3.63) is 12.2 Å². The van der Waals surface area contributed by atoms with E-state index in [2.05, 4.69) is 23.3 Å². The quantitative estimate of drug-likeness (QED) is 0.258. The topological polar surface area (TPSA) is 93.1 Å². The Morgan fingerprint density at radius 2 is 1.59 bits per heavy atom. The molecular formula is C22H42O6S. The van der Waals surface area contributed by atoms with Gasteiger partial charge in [-0.3, -0.25) is 0 Å². The van der Waals surface area contributed by atoms with Crippen molar-refractivity contribution in [1.82, 2.24) is 0 Å². The third-order valence-corrected chi connectivity index (χ3v) is 6.65. The highest BCUT2D eigenvalue weighted by atomic mass is 32.3. The highest BCUT2D eigenvalue weighted by molar-refractivity contribution is 7.81. The molecule has 172 valence electrons. The van der Waals surface area contributed by atoms with Gasteiger partial charge in [0.1, 0.15) is 0 Å². The molecular weight excluding hydrogens is 392 g/mol. The lowest BCUT2D eigenvalue weighted by molar-refractivity contribution is 0.115. The van der Waals surface area contributed by atoms with Gasteiger partial charge in [0.25, 0.3) is 0 Å². The van der Waals surface area contributed by atoms with Crippen molar-refractivity contribution in [3.63, 3.8) is 0 Å². The summed E-state index contributed by atoms with van der Waals surface area (Å²) in [7, 11) is -3.83. The molecule has 0 aromatic rings. The molecule has 29 heavy (non-hydrogen) atoms. The van der Waals surface area contributed by atoms with Gasteiger partial charge in [-0.1, -0.05) is 64.0 Å². The van der Waals surface area contributed by atoms with E-state index in [9.17, 15) is 18.6 Å². The minimum atomic E-state index is -3.83. The van der Waals surface area contributed by atoms with E-state index in [0.717, 1.165) is 38.5 Å². The molecule has 0 aliphatic heterocycles. The van der Waals surface area contributed by atoms with Gasteiger partial charge in [-0.05, 0) is 38.5 Å². The van der Waals surface area contributed by atoms with Crippen molar-refractivity contribution in [2.75, 3.05) is 13.2 Å². The molecule has 0 spiro atoms. The number of hydrogen-bond donors (Lipinski definition) is 2. The Balaban J connectivity index is 2.19. The Bertz CT molecular complexity index is 533. The van der Waals surface area contributed by atoms with Crippen molar-refractivity contribution in [1.29, 1.82) is 0 Å². The van der Waals surface area contributed by atoms with E-state index in [0.29, 0.717) is 12.8 Å². The van der Waals surface area contributed by atoms with Crippen LogP contribution in [0.2, 0.25) is 0 Å². The molecule has 1 rings (SSSR count). The lowest BCUT2D eigenvalue weighted by atomic mass is 9.88. The normalized spacial score (nSPS) is 25.2. The summed E-state index contributed by atoms with van der Waals surface area (Å²) >= 11 is 0. The molecule has 4 atom stereocenters. The maximum atomic E-state index is 11.2. The summed E-state index contributed by atoms with van der Waals surface area (Å²) in [5, 5.41) is 20.6. The predicted molar refractivity (Wildman–Crippen MR) is 116 cm³/mol. The average molecular weight is 435 g/mol. The molecule has 1 aliphatic carbocycles. The highest BCUT2D eigenvalue weighted by Crippen LogP contribution is 2.37. The average Bonchev–Trinajstić information content (AvgIpc) is 2.93. The summed E-state index contributed by atoms with van der Waals surface area (Å²) in [6.07, 6.45) is 15.5. The molecule has 1 saturated carbocycles. The Kier molecular flexibility index (Phi) is 14.1. The van der Waals surface area contributed by atoms with Gasteiger partial charge in [-0.2, -0.15) is 8.42 Å². The van der Waals surface area contributed by atoms with E-state index in [-0.39, 0.29) is 25.0 Å². The zero-order chi connectivity index (χ0) is 21.5. The van der Waals surface area contributed by atoms with Gasteiger partial charge >= 0.3 is 10.4 Å². The van der Waals surface area contributed by atoms with E-state index in [1.54, 1.807) is 6.92 Å². The second-order valence-corrected chi connectivity index (χ2v) is 9.37. The predicted octanol–water partition coefficient (Wildman–Crippen LogP) is 4.51. The Morgan fingerprint density at radius 1 is 0.897 bits per heavy atom. The summed E-state index contributed by atoms with van der Waals surface area (Å²) < 4.78 is 31.8. The molecule has 0 aromatic carbocycles. The number of rotatable bonds is 17. The lowest BCUT2D eigenvalue weighted by Crippen LogP contribution is -2.20. The van der Waals surface area contributed by atoms with E-state index in [1.165, 1.54) is 25.7 Å². The number of aliphatic hydroxyl groups is 2. The molecule has 1 fully saturated rings. The standard InChI is InChI=1S/C22H42O6S/c1-3-5-6-7-9-12-15-19-20(22(24)18-21(19)23)16-13-10-8-11-14-17-28-29(25,26)27-4-2/h12,15,19-24H,3-11,13-14,16-18H2,1-2H3/b15-12+/t19-,20-,21-,22+/m1/s1. The first-order chi connectivity index (χ1) is 13.9. The Labute approximate surface area is 178 Å². The van der Waals surface area contributed by atoms with E-state index < -0.39 is 22.6 Å². The zero-order valence-electron chi connectivity index (χ0n) is 18.3. The second kappa shape index (κ2) is 15.3. The molecule has 0 saturated heterocycles. The van der Waals surface area contributed by atoms with E-state index in [1.807, 2.05) is 0 Å². The summed E-state index contributed by atoms with van der Waals surface area (Å²) in [4.78, 5) is 0. The summed E-state index contributed by atoms with van der Waals surface area (Å²) in [6.45, 7) is 4.05. The van der Waals surface area contributed by atoms with Crippen LogP contribution in [0, 0.1) is 11.8 Å². The monoisotopic (exact) mass is 434 g/mol. The zero-order valence-corrected chi connectivity index (χ0v) is 19.1. The molecule has 0 unspecified atom stereocenters. The second-order valence-electron chi connectivity index (χ2n) is 8.08. The molecule has 0 bridgehead atoms. The smallest absolute Gasteiger partial charge is 0.393 e. The van der Waals surface area contributed by atoms with Crippen molar-refractivity contribution >= 4 is 10.4 Å². The summed E-state index contributed by atoms with van der Waals surface area (Å²) in [6, 6.07) is 0. The third kappa shape index (κ3) is 11.5. The maximum Gasteiger partial charge on any atom is 0.399 e. The minimum absolute atomic E-state index is 0.0633. The highest BCUT2D eigenvalue weighted by Gasteiger charge is 2.39. The lowest BCUT2D eigenvalue weighted by Gasteiger charge is -2.20. The van der Waals surface area contributed by atoms with Crippen LogP contribution in [-0.4, -0.2) is 44.1 Å². The number of unbranched alkanes of at least 4 members (excludes halogenated alkanes) is 8. The van der Waals surface area contributed by atoms with Crippen LogP contribution in [-0.2, 0) is 18.8 Å². The number of aliphatic hydroxyl groups excluding tert-OH is 2. The van der Waals surface area contributed by atoms with Gasteiger partial charge in [0.2, 0.25) is 0 Å². The molecule has 2 N–H and O–H groups in total. The molecule has 0 aromatic heterocycles. The largest absolute Gasteiger partial charge is 0.399 e. The van der Waals surface area contributed by atoms with Gasteiger partial charge in [0.05, 0.1) is 25.4 Å². The van der Waals surface area contributed by atoms with E-state index >= 15 is 0 Å². The molecule has 6 nitrogen and oxygen atoms in total. The van der Waals surface area contributed by atoms with Crippen molar-refractivity contribution in [2.24, 2.45) is 11.8 Å². The van der Waals surface area contributed by atoms with Crippen molar-refractivity contribution in [2.45, 2.75) is 103 Å². The third-order valence-electron chi connectivity index (χ3n) is 5.67. The van der Waals surface area contributed by atoms with Crippen LogP contribution in [0.4, 0.5) is 0 Å².